The smallest absolute Gasteiger partial charge is 0.416 e. The number of benzene rings is 1. The lowest BCUT2D eigenvalue weighted by Gasteiger charge is -2.17. The Morgan fingerprint density at radius 1 is 1.26 bits per heavy atom. The number of hydrogen-bond acceptors (Lipinski definition) is 4. The van der Waals surface area contributed by atoms with Gasteiger partial charge in [-0.3, -0.25) is 4.99 Å². The van der Waals surface area contributed by atoms with Gasteiger partial charge in [0.1, 0.15) is 22.2 Å². The van der Waals surface area contributed by atoms with Crippen molar-refractivity contribution in [1.82, 2.24) is 10.6 Å². The maximum atomic E-state index is 12.5. The minimum Gasteiger partial charge on any atom is -0.492 e. The highest BCUT2D eigenvalue weighted by atomic mass is 127. The van der Waals surface area contributed by atoms with E-state index in [2.05, 4.69) is 15.6 Å². The molecule has 1 rings (SSSR count). The van der Waals surface area contributed by atoms with Gasteiger partial charge in [-0.15, -0.1) is 24.0 Å². The van der Waals surface area contributed by atoms with Crippen LogP contribution >= 0.6 is 24.0 Å². The second-order valence-corrected chi connectivity index (χ2v) is 8.09. The molecule has 0 radical (unpaired) electrons. The molecule has 11 heteroatoms. The third kappa shape index (κ3) is 11.3. The van der Waals surface area contributed by atoms with Crippen LogP contribution in [-0.4, -0.2) is 52.6 Å². The van der Waals surface area contributed by atoms with Gasteiger partial charge in [-0.05, 0) is 37.6 Å². The summed E-state index contributed by atoms with van der Waals surface area (Å²) in [6, 6.07) is 4.37. The van der Waals surface area contributed by atoms with E-state index in [0.29, 0.717) is 24.7 Å². The SMILES string of the molecule is CN=C(NCCOc1ccc(C(F)(F)F)cc1)NC(C)CCS(C)(=O)=O.I. The van der Waals surface area contributed by atoms with Gasteiger partial charge in [-0.2, -0.15) is 13.2 Å². The first-order valence-corrected chi connectivity index (χ1v) is 10.0. The molecule has 27 heavy (non-hydrogen) atoms. The van der Waals surface area contributed by atoms with Crippen molar-refractivity contribution in [2.24, 2.45) is 4.99 Å². The lowest BCUT2D eigenvalue weighted by molar-refractivity contribution is -0.137. The van der Waals surface area contributed by atoms with Crippen LogP contribution in [0.15, 0.2) is 29.3 Å². The zero-order valence-corrected chi connectivity index (χ0v) is 18.5. The fraction of sp³-hybridized carbons (Fsp3) is 0.562. The summed E-state index contributed by atoms with van der Waals surface area (Å²) in [4.78, 5) is 4.02. The first kappa shape index (κ1) is 25.8. The third-order valence-electron chi connectivity index (χ3n) is 3.37. The third-order valence-corrected chi connectivity index (χ3v) is 4.35. The van der Waals surface area contributed by atoms with E-state index in [-0.39, 0.29) is 42.4 Å². The summed E-state index contributed by atoms with van der Waals surface area (Å²) in [5.41, 5.74) is -0.726. The number of aliphatic imine (C=N–C) groups is 1. The summed E-state index contributed by atoms with van der Waals surface area (Å²) in [5, 5.41) is 6.04. The van der Waals surface area contributed by atoms with Gasteiger partial charge >= 0.3 is 6.18 Å². The van der Waals surface area contributed by atoms with Crippen molar-refractivity contribution >= 4 is 39.8 Å². The molecule has 0 aliphatic rings. The van der Waals surface area contributed by atoms with Crippen molar-refractivity contribution in [3.05, 3.63) is 29.8 Å². The van der Waals surface area contributed by atoms with Gasteiger partial charge in [0.15, 0.2) is 5.96 Å². The molecule has 156 valence electrons. The maximum Gasteiger partial charge on any atom is 0.416 e. The summed E-state index contributed by atoms with van der Waals surface area (Å²) < 4.78 is 65.1. The molecule has 2 N–H and O–H groups in total. The van der Waals surface area contributed by atoms with Gasteiger partial charge in [0.05, 0.1) is 17.9 Å². The Kier molecular flexibility index (Phi) is 11.0. The van der Waals surface area contributed by atoms with Crippen molar-refractivity contribution in [3.8, 4) is 5.75 Å². The Bertz CT molecular complexity index is 695. The van der Waals surface area contributed by atoms with Gasteiger partial charge in [0.25, 0.3) is 0 Å². The van der Waals surface area contributed by atoms with Crippen LogP contribution in [0.3, 0.4) is 0 Å². The van der Waals surface area contributed by atoms with Gasteiger partial charge < -0.3 is 15.4 Å². The molecule has 0 fully saturated rings. The zero-order chi connectivity index (χ0) is 19.8. The van der Waals surface area contributed by atoms with E-state index < -0.39 is 21.6 Å². The molecule has 0 aliphatic carbocycles. The highest BCUT2D eigenvalue weighted by Gasteiger charge is 2.29. The normalized spacial score (nSPS) is 13.5. The first-order valence-electron chi connectivity index (χ1n) is 7.96. The van der Waals surface area contributed by atoms with E-state index in [1.165, 1.54) is 18.4 Å². The van der Waals surface area contributed by atoms with E-state index in [1.807, 2.05) is 6.92 Å². The molecule has 0 heterocycles. The number of sulfone groups is 1. The molecule has 0 amide bonds. The summed E-state index contributed by atoms with van der Waals surface area (Å²) in [6.45, 7) is 2.44. The number of alkyl halides is 3. The van der Waals surface area contributed by atoms with Crippen LogP contribution in [0.5, 0.6) is 5.75 Å². The lowest BCUT2D eigenvalue weighted by atomic mass is 10.2. The molecular weight excluding hydrogens is 498 g/mol. The van der Waals surface area contributed by atoms with Crippen molar-refractivity contribution in [1.29, 1.82) is 0 Å². The van der Waals surface area contributed by atoms with E-state index in [9.17, 15) is 21.6 Å². The maximum absolute atomic E-state index is 12.5. The van der Waals surface area contributed by atoms with Crippen LogP contribution in [0.4, 0.5) is 13.2 Å². The molecular formula is C16H25F3IN3O3S. The van der Waals surface area contributed by atoms with Crippen molar-refractivity contribution in [3.63, 3.8) is 0 Å². The number of ether oxygens (including phenoxy) is 1. The monoisotopic (exact) mass is 523 g/mol. The van der Waals surface area contributed by atoms with Crippen molar-refractivity contribution < 1.29 is 26.3 Å². The Labute approximate surface area is 174 Å². The second-order valence-electron chi connectivity index (χ2n) is 5.83. The van der Waals surface area contributed by atoms with Gasteiger partial charge in [-0.1, -0.05) is 0 Å². The molecule has 0 aromatic heterocycles. The molecule has 1 aromatic carbocycles. The molecule has 0 saturated heterocycles. The molecule has 1 unspecified atom stereocenters. The van der Waals surface area contributed by atoms with Crippen molar-refractivity contribution in [2.75, 3.05) is 32.2 Å². The Balaban J connectivity index is 0.00000676. The lowest BCUT2D eigenvalue weighted by Crippen LogP contribution is -2.44. The first-order chi connectivity index (χ1) is 12.0. The topological polar surface area (TPSA) is 79.8 Å². The molecule has 1 atom stereocenters. The van der Waals surface area contributed by atoms with Crippen molar-refractivity contribution in [2.45, 2.75) is 25.6 Å². The van der Waals surface area contributed by atoms with Crippen LogP contribution in [0, 0.1) is 0 Å². The highest BCUT2D eigenvalue weighted by Crippen LogP contribution is 2.30. The fourth-order valence-corrected chi connectivity index (χ4v) is 2.75. The Morgan fingerprint density at radius 3 is 2.33 bits per heavy atom. The summed E-state index contributed by atoms with van der Waals surface area (Å²) in [5.74, 6) is 0.904. The van der Waals surface area contributed by atoms with Crippen LogP contribution in [0.25, 0.3) is 0 Å². The highest BCUT2D eigenvalue weighted by molar-refractivity contribution is 14.0. The predicted molar refractivity (Wildman–Crippen MR) is 111 cm³/mol. The second kappa shape index (κ2) is 11.6. The molecule has 0 bridgehead atoms. The fourth-order valence-electron chi connectivity index (χ4n) is 1.97. The molecule has 0 spiro atoms. The van der Waals surface area contributed by atoms with Crippen LogP contribution in [0.1, 0.15) is 18.9 Å². The quantitative estimate of drug-likeness (QED) is 0.237. The molecule has 0 saturated carbocycles. The van der Waals surface area contributed by atoms with Gasteiger partial charge in [0, 0.05) is 19.3 Å². The number of guanidine groups is 1. The van der Waals surface area contributed by atoms with E-state index in [0.717, 1.165) is 12.1 Å². The number of nitrogens with one attached hydrogen (secondary N) is 2. The standard InChI is InChI=1S/C16H24F3N3O3S.HI/c1-12(8-11-26(3,23)24)22-15(20-2)21-9-10-25-14-6-4-13(5-7-14)16(17,18)19;/h4-7,12H,8-11H2,1-3H3,(H2,20,21,22);1H. The van der Waals surface area contributed by atoms with E-state index >= 15 is 0 Å². The number of halogens is 4. The minimum atomic E-state index is -4.37. The number of nitrogens with zero attached hydrogens (tertiary/aromatic N) is 1. The molecule has 0 aliphatic heterocycles. The predicted octanol–water partition coefficient (Wildman–Crippen LogP) is 2.69. The van der Waals surface area contributed by atoms with Crippen LogP contribution < -0.4 is 15.4 Å². The van der Waals surface area contributed by atoms with Crippen LogP contribution in [-0.2, 0) is 16.0 Å². The van der Waals surface area contributed by atoms with E-state index in [4.69, 9.17) is 4.74 Å². The molecule has 6 nitrogen and oxygen atoms in total. The molecule has 1 aromatic rings. The summed E-state index contributed by atoms with van der Waals surface area (Å²) >= 11 is 0. The number of hydrogen-bond donors (Lipinski definition) is 2. The van der Waals surface area contributed by atoms with E-state index in [1.54, 1.807) is 7.05 Å². The largest absolute Gasteiger partial charge is 0.492 e. The van der Waals surface area contributed by atoms with Gasteiger partial charge in [-0.25, -0.2) is 8.42 Å². The van der Waals surface area contributed by atoms with Gasteiger partial charge in [0.2, 0.25) is 0 Å². The zero-order valence-electron chi connectivity index (χ0n) is 15.3. The Hall–Kier alpha value is -1.24. The Morgan fingerprint density at radius 2 is 1.85 bits per heavy atom. The average Bonchev–Trinajstić information content (AvgIpc) is 2.54. The number of rotatable bonds is 8. The summed E-state index contributed by atoms with van der Waals surface area (Å²) in [7, 11) is -1.44. The average molecular weight is 523 g/mol. The van der Waals surface area contributed by atoms with Crippen LogP contribution in [0.2, 0.25) is 0 Å². The summed E-state index contributed by atoms with van der Waals surface area (Å²) in [6.07, 6.45) is -2.74. The minimum absolute atomic E-state index is 0.